The minimum atomic E-state index is -4.86. The fourth-order valence-electron chi connectivity index (χ4n) is 5.32. The van der Waals surface area contributed by atoms with Crippen LogP contribution in [-0.2, 0) is 32.1 Å². The van der Waals surface area contributed by atoms with Crippen LogP contribution in [-0.4, -0.2) is 111 Å². The molecule has 16 heteroatoms. The first-order valence-electron chi connectivity index (χ1n) is 14.0. The molecule has 1 unspecified atom stereocenters. The number of benzene rings is 1. The summed E-state index contributed by atoms with van der Waals surface area (Å²) in [5.74, 6) is -2.71. The molecule has 2 aliphatic heterocycles. The van der Waals surface area contributed by atoms with E-state index in [4.69, 9.17) is 9.84 Å². The number of alkyl halides is 3. The zero-order valence-corrected chi connectivity index (χ0v) is 24.5. The van der Waals surface area contributed by atoms with E-state index in [2.05, 4.69) is 15.6 Å². The summed E-state index contributed by atoms with van der Waals surface area (Å²) in [7, 11) is 0. The van der Waals surface area contributed by atoms with E-state index in [0.29, 0.717) is 5.69 Å². The fraction of sp³-hybridized carbons (Fsp3) is 0.448. The number of urea groups is 1. The van der Waals surface area contributed by atoms with E-state index in [1.54, 1.807) is 48.5 Å². The van der Waals surface area contributed by atoms with Crippen molar-refractivity contribution in [3.05, 3.63) is 66.0 Å². The Bertz CT molecular complexity index is 1430. The molecule has 2 aromatic rings. The van der Waals surface area contributed by atoms with E-state index in [9.17, 15) is 37.1 Å². The quantitative estimate of drug-likeness (QED) is 0.315. The molecule has 3 heterocycles. The molecule has 0 spiro atoms. The molecule has 6 amide bonds. The number of carbonyl (C=O) groups excluding carboxylic acids is 4. The van der Waals surface area contributed by atoms with E-state index in [1.807, 2.05) is 0 Å². The van der Waals surface area contributed by atoms with Crippen molar-refractivity contribution in [1.82, 2.24) is 30.3 Å². The van der Waals surface area contributed by atoms with Crippen LogP contribution in [0.1, 0.15) is 25.1 Å². The number of piperazine rings is 1. The number of ether oxygens (including phenoxy) is 1. The summed E-state index contributed by atoms with van der Waals surface area (Å²) in [4.78, 5) is 71.7. The predicted molar refractivity (Wildman–Crippen MR) is 150 cm³/mol. The number of hydrogen-bond acceptors (Lipinski definition) is 7. The molecular formula is C29H33F3N6O7. The molecule has 13 nitrogen and oxygen atoms in total. The van der Waals surface area contributed by atoms with Gasteiger partial charge in [-0.1, -0.05) is 36.4 Å². The number of carboxylic acid groups (broad SMARTS) is 1. The van der Waals surface area contributed by atoms with E-state index < -0.39 is 66.2 Å². The Labute approximate surface area is 256 Å². The molecule has 45 heavy (non-hydrogen) atoms. The number of pyridine rings is 1. The number of amides is 6. The highest BCUT2D eigenvalue weighted by Gasteiger charge is 2.61. The fourth-order valence-corrected chi connectivity index (χ4v) is 5.32. The van der Waals surface area contributed by atoms with Crippen molar-refractivity contribution in [2.24, 2.45) is 0 Å². The van der Waals surface area contributed by atoms with Crippen molar-refractivity contribution >= 4 is 29.8 Å². The Balaban J connectivity index is 1.62. The first-order chi connectivity index (χ1) is 21.1. The topological polar surface area (TPSA) is 161 Å². The standard InChI is InChI=1S/C29H33F3N6O7/c1-27(2,35-25(42)43)23(40)34-21(16-45-15-19-8-4-3-5-9-19)22(39)36-12-13-38-26(44)37(18-29(30,31)32)24(41)28(38,17-36)14-20-10-6-7-11-33-20/h3-11,21,35H,12-18H2,1-2H3,(H,34,40)(H,42,43)/t21-,28?/m1/s1. The van der Waals surface area contributed by atoms with Crippen molar-refractivity contribution in [1.29, 1.82) is 0 Å². The minimum Gasteiger partial charge on any atom is -0.465 e. The van der Waals surface area contributed by atoms with E-state index in [0.717, 1.165) is 10.5 Å². The molecule has 1 aromatic heterocycles. The number of aromatic nitrogens is 1. The third-order valence-electron chi connectivity index (χ3n) is 7.50. The smallest absolute Gasteiger partial charge is 0.406 e. The van der Waals surface area contributed by atoms with Gasteiger partial charge in [0.2, 0.25) is 11.8 Å². The molecule has 0 bridgehead atoms. The molecule has 2 aliphatic rings. The van der Waals surface area contributed by atoms with E-state index >= 15 is 0 Å². The number of hydrogen-bond donors (Lipinski definition) is 3. The van der Waals surface area contributed by atoms with Crippen LogP contribution in [0.2, 0.25) is 0 Å². The van der Waals surface area contributed by atoms with E-state index in [1.165, 1.54) is 24.9 Å². The van der Waals surface area contributed by atoms with Gasteiger partial charge in [0.05, 0.1) is 19.8 Å². The van der Waals surface area contributed by atoms with Gasteiger partial charge in [-0.15, -0.1) is 0 Å². The highest BCUT2D eigenvalue weighted by Crippen LogP contribution is 2.36. The third-order valence-corrected chi connectivity index (χ3v) is 7.50. The molecule has 2 saturated heterocycles. The van der Waals surface area contributed by atoms with Crippen LogP contribution in [0.25, 0.3) is 0 Å². The van der Waals surface area contributed by atoms with Crippen LogP contribution in [0.5, 0.6) is 0 Å². The summed E-state index contributed by atoms with van der Waals surface area (Å²) >= 11 is 0. The van der Waals surface area contributed by atoms with Gasteiger partial charge < -0.3 is 30.3 Å². The molecule has 0 saturated carbocycles. The first kappa shape index (κ1) is 33.2. The molecular weight excluding hydrogens is 601 g/mol. The van der Waals surface area contributed by atoms with Crippen LogP contribution < -0.4 is 10.6 Å². The molecule has 4 rings (SSSR count). The summed E-state index contributed by atoms with van der Waals surface area (Å²) in [6.07, 6.45) is -5.17. The van der Waals surface area contributed by atoms with Crippen molar-refractivity contribution in [3.63, 3.8) is 0 Å². The highest BCUT2D eigenvalue weighted by molar-refractivity contribution is 6.08. The summed E-state index contributed by atoms with van der Waals surface area (Å²) in [5.41, 5.74) is -2.47. The van der Waals surface area contributed by atoms with Gasteiger partial charge in [0, 0.05) is 31.4 Å². The number of fused-ring (bicyclic) bond motifs is 1. The zero-order valence-electron chi connectivity index (χ0n) is 24.5. The van der Waals surface area contributed by atoms with Crippen LogP contribution in [0.4, 0.5) is 22.8 Å². The Hall–Kier alpha value is -4.73. The lowest BCUT2D eigenvalue weighted by Crippen LogP contribution is -2.67. The Morgan fingerprint density at radius 2 is 1.76 bits per heavy atom. The number of nitrogens with zero attached hydrogens (tertiary/aromatic N) is 4. The lowest BCUT2D eigenvalue weighted by molar-refractivity contribution is -0.157. The Morgan fingerprint density at radius 1 is 1.07 bits per heavy atom. The van der Waals surface area contributed by atoms with Crippen LogP contribution in [0.15, 0.2) is 54.7 Å². The van der Waals surface area contributed by atoms with Crippen LogP contribution >= 0.6 is 0 Å². The summed E-state index contributed by atoms with van der Waals surface area (Å²) < 4.78 is 45.9. The molecule has 0 radical (unpaired) electrons. The van der Waals surface area contributed by atoms with Crippen molar-refractivity contribution < 1.29 is 47.0 Å². The lowest BCUT2D eigenvalue weighted by atomic mass is 9.88. The van der Waals surface area contributed by atoms with Crippen molar-refractivity contribution in [3.8, 4) is 0 Å². The second-order valence-electron chi connectivity index (χ2n) is 11.3. The van der Waals surface area contributed by atoms with Crippen LogP contribution in [0, 0.1) is 0 Å². The monoisotopic (exact) mass is 634 g/mol. The number of halogens is 3. The Morgan fingerprint density at radius 3 is 2.38 bits per heavy atom. The average Bonchev–Trinajstić information content (AvgIpc) is 3.16. The summed E-state index contributed by atoms with van der Waals surface area (Å²) in [6, 6.07) is 11.2. The van der Waals surface area contributed by atoms with Gasteiger partial charge in [0.15, 0.2) is 0 Å². The number of nitrogens with one attached hydrogen (secondary N) is 2. The second kappa shape index (κ2) is 13.1. The summed E-state index contributed by atoms with van der Waals surface area (Å²) in [5, 5.41) is 13.7. The Kier molecular flexibility index (Phi) is 9.65. The largest absolute Gasteiger partial charge is 0.465 e. The van der Waals surface area contributed by atoms with Gasteiger partial charge in [-0.05, 0) is 31.5 Å². The molecule has 0 aliphatic carbocycles. The third kappa shape index (κ3) is 7.68. The highest BCUT2D eigenvalue weighted by atomic mass is 19.4. The van der Waals surface area contributed by atoms with Crippen LogP contribution in [0.3, 0.4) is 0 Å². The minimum absolute atomic E-state index is 0.0635. The van der Waals surface area contributed by atoms with Gasteiger partial charge in [0.25, 0.3) is 5.91 Å². The van der Waals surface area contributed by atoms with Crippen molar-refractivity contribution in [2.45, 2.75) is 50.2 Å². The van der Waals surface area contributed by atoms with Crippen molar-refractivity contribution in [2.75, 3.05) is 32.8 Å². The SMILES string of the molecule is CC(C)(NC(=O)O)C(=O)N[C@H](COCc1ccccc1)C(=O)N1CCN2C(=O)N(CC(F)(F)F)C(=O)C2(Cc2ccccn2)C1. The lowest BCUT2D eigenvalue weighted by Gasteiger charge is -2.45. The maximum Gasteiger partial charge on any atom is 0.406 e. The summed E-state index contributed by atoms with van der Waals surface area (Å²) in [6.45, 7) is -0.418. The average molecular weight is 635 g/mol. The van der Waals surface area contributed by atoms with Gasteiger partial charge in [0.1, 0.15) is 23.7 Å². The number of carbonyl (C=O) groups is 5. The molecule has 1 aromatic carbocycles. The van der Waals surface area contributed by atoms with E-state index in [-0.39, 0.29) is 37.6 Å². The molecule has 3 N–H and O–H groups in total. The van der Waals surface area contributed by atoms with Gasteiger partial charge >= 0.3 is 18.3 Å². The first-order valence-corrected chi connectivity index (χ1v) is 14.0. The number of rotatable bonds is 11. The predicted octanol–water partition coefficient (Wildman–Crippen LogP) is 1.78. The number of imide groups is 1. The normalized spacial score (nSPS) is 19.3. The maximum absolute atomic E-state index is 14.0. The van der Waals surface area contributed by atoms with Gasteiger partial charge in [-0.25, -0.2) is 9.59 Å². The van der Waals surface area contributed by atoms with Gasteiger partial charge in [-0.2, -0.15) is 13.2 Å². The molecule has 2 fully saturated rings. The molecule has 242 valence electrons. The molecule has 2 atom stereocenters. The zero-order chi connectivity index (χ0) is 33.0. The van der Waals surface area contributed by atoms with Gasteiger partial charge in [-0.3, -0.25) is 24.3 Å². The maximum atomic E-state index is 14.0. The second-order valence-corrected chi connectivity index (χ2v) is 11.3.